The molecule has 2 heterocycles. The van der Waals surface area contributed by atoms with Crippen LogP contribution in [0, 0.1) is 6.92 Å². The maximum absolute atomic E-state index is 12.9. The number of benzene rings is 2. The Morgan fingerprint density at radius 2 is 1.68 bits per heavy atom. The van der Waals surface area contributed by atoms with E-state index in [2.05, 4.69) is 10.3 Å². The number of hydrogen-bond donors (Lipinski definition) is 0. The van der Waals surface area contributed by atoms with Gasteiger partial charge in [-0.1, -0.05) is 46.7 Å². The molecule has 0 aliphatic carbocycles. The molecule has 0 saturated carbocycles. The van der Waals surface area contributed by atoms with E-state index >= 15 is 0 Å². The van der Waals surface area contributed by atoms with Crippen molar-refractivity contribution in [2.45, 2.75) is 25.6 Å². The maximum Gasteiger partial charge on any atom is 0.263 e. The molecule has 25 heavy (non-hydrogen) atoms. The van der Waals surface area contributed by atoms with E-state index in [1.807, 2.05) is 31.2 Å². The van der Waals surface area contributed by atoms with E-state index in [9.17, 15) is 9.59 Å². The van der Waals surface area contributed by atoms with Gasteiger partial charge >= 0.3 is 0 Å². The number of nitrogens with zero attached hydrogens (tertiary/aromatic N) is 4. The smallest absolute Gasteiger partial charge is 0.263 e. The van der Waals surface area contributed by atoms with Gasteiger partial charge in [0.1, 0.15) is 0 Å². The van der Waals surface area contributed by atoms with E-state index in [-0.39, 0.29) is 11.8 Å². The molecule has 0 aromatic heterocycles. The van der Waals surface area contributed by atoms with Crippen LogP contribution in [0.3, 0.4) is 0 Å². The van der Waals surface area contributed by atoms with Crippen molar-refractivity contribution in [3.8, 4) is 0 Å². The first-order valence-corrected chi connectivity index (χ1v) is 8.29. The summed E-state index contributed by atoms with van der Waals surface area (Å²) < 4.78 is 0. The molecule has 0 N–H and O–H groups in total. The Hall–Kier alpha value is -2.73. The third-order valence-corrected chi connectivity index (χ3v) is 4.66. The highest BCUT2D eigenvalue weighted by Crippen LogP contribution is 2.32. The molecule has 2 aliphatic heterocycles. The van der Waals surface area contributed by atoms with Crippen LogP contribution in [0.2, 0.25) is 5.02 Å². The summed E-state index contributed by atoms with van der Waals surface area (Å²) in [6.45, 7) is 2.34. The van der Waals surface area contributed by atoms with Gasteiger partial charge in [0.25, 0.3) is 11.8 Å². The van der Waals surface area contributed by atoms with Crippen molar-refractivity contribution in [2.24, 2.45) is 10.3 Å². The van der Waals surface area contributed by atoms with Crippen molar-refractivity contribution in [3.63, 3.8) is 0 Å². The molecule has 2 amide bonds. The van der Waals surface area contributed by atoms with Gasteiger partial charge in [-0.2, -0.15) is 5.11 Å². The average Bonchev–Trinajstić information content (AvgIpc) is 3.12. The van der Waals surface area contributed by atoms with Crippen LogP contribution in [0.25, 0.3) is 0 Å². The van der Waals surface area contributed by atoms with Gasteiger partial charge in [0.15, 0.2) is 12.1 Å². The van der Waals surface area contributed by atoms with Gasteiger partial charge in [-0.25, -0.2) is 4.90 Å². The molecule has 1 saturated heterocycles. The molecular weight excluding hydrogens is 340 g/mol. The third kappa shape index (κ3) is 2.68. The summed E-state index contributed by atoms with van der Waals surface area (Å²) in [6.07, 6.45) is 0. The van der Waals surface area contributed by atoms with E-state index in [1.165, 1.54) is 4.90 Å². The molecular formula is C18H15ClN4O2. The predicted octanol–water partition coefficient (Wildman–Crippen LogP) is 3.14. The maximum atomic E-state index is 12.9. The zero-order chi connectivity index (χ0) is 17.6. The van der Waals surface area contributed by atoms with Crippen molar-refractivity contribution in [3.05, 3.63) is 64.7 Å². The minimum Gasteiger partial charge on any atom is -0.271 e. The highest BCUT2D eigenvalue weighted by molar-refractivity contribution is 6.30. The molecule has 126 valence electrons. The summed E-state index contributed by atoms with van der Waals surface area (Å²) in [5, 5.41) is 10.3. The van der Waals surface area contributed by atoms with Gasteiger partial charge in [0.2, 0.25) is 0 Å². The molecule has 2 atom stereocenters. The first-order chi connectivity index (χ1) is 12.0. The topological polar surface area (TPSA) is 65.3 Å². The zero-order valence-electron chi connectivity index (χ0n) is 13.5. The Balaban J connectivity index is 1.59. The van der Waals surface area contributed by atoms with Gasteiger partial charge in [-0.15, -0.1) is 0 Å². The Labute approximate surface area is 149 Å². The Morgan fingerprint density at radius 3 is 2.36 bits per heavy atom. The van der Waals surface area contributed by atoms with Crippen LogP contribution in [0.15, 0.2) is 58.9 Å². The Bertz CT molecular complexity index is 864. The lowest BCUT2D eigenvalue weighted by Gasteiger charge is -2.20. The second-order valence-electron chi connectivity index (χ2n) is 6.17. The number of aryl methyl sites for hydroxylation is 1. The molecule has 0 unspecified atom stereocenters. The molecule has 0 radical (unpaired) electrons. The average molecular weight is 355 g/mol. The lowest BCUT2D eigenvalue weighted by atomic mass is 10.1. The molecule has 0 bridgehead atoms. The van der Waals surface area contributed by atoms with Crippen LogP contribution in [0.4, 0.5) is 5.69 Å². The molecule has 2 aromatic rings. The van der Waals surface area contributed by atoms with Crippen molar-refractivity contribution in [1.29, 1.82) is 0 Å². The van der Waals surface area contributed by atoms with Gasteiger partial charge in [0.05, 0.1) is 12.2 Å². The first-order valence-electron chi connectivity index (χ1n) is 7.91. The van der Waals surface area contributed by atoms with E-state index in [0.29, 0.717) is 17.3 Å². The number of rotatable bonds is 3. The SMILES string of the molecule is Cc1ccc(N2C(=O)[C@H]3N=NN(Cc4ccc(Cl)cc4)[C@@H]3C2=O)cc1. The second kappa shape index (κ2) is 5.97. The van der Waals surface area contributed by atoms with Crippen LogP contribution in [0.5, 0.6) is 0 Å². The minimum atomic E-state index is -0.777. The standard InChI is InChI=1S/C18H15ClN4O2/c1-11-2-8-14(9-3-11)23-17(24)15-16(18(23)25)22(21-20-15)10-12-4-6-13(19)7-5-12/h2-9,15-16H,10H2,1H3/t15-,16-/m0/s1. The van der Waals surface area contributed by atoms with Crippen LogP contribution in [0.1, 0.15) is 11.1 Å². The van der Waals surface area contributed by atoms with E-state index in [0.717, 1.165) is 11.1 Å². The number of imide groups is 1. The van der Waals surface area contributed by atoms with Crippen LogP contribution < -0.4 is 4.90 Å². The summed E-state index contributed by atoms with van der Waals surface area (Å²) in [5.74, 6) is -0.626. The number of halogens is 1. The summed E-state index contributed by atoms with van der Waals surface area (Å²) >= 11 is 5.90. The first kappa shape index (κ1) is 15.8. The zero-order valence-corrected chi connectivity index (χ0v) is 14.2. The molecule has 2 aliphatic rings. The van der Waals surface area contributed by atoms with Crippen LogP contribution in [-0.2, 0) is 16.1 Å². The van der Waals surface area contributed by atoms with Gasteiger partial charge in [0, 0.05) is 5.02 Å². The van der Waals surface area contributed by atoms with E-state index < -0.39 is 12.1 Å². The highest BCUT2D eigenvalue weighted by Gasteiger charge is 2.54. The largest absolute Gasteiger partial charge is 0.271 e. The van der Waals surface area contributed by atoms with Crippen LogP contribution in [-0.4, -0.2) is 28.9 Å². The van der Waals surface area contributed by atoms with Crippen molar-refractivity contribution in [2.75, 3.05) is 4.90 Å². The van der Waals surface area contributed by atoms with Crippen molar-refractivity contribution >= 4 is 29.1 Å². The van der Waals surface area contributed by atoms with Gasteiger partial charge in [-0.05, 0) is 36.8 Å². The molecule has 2 aromatic carbocycles. The number of carbonyl (C=O) groups excluding carboxylic acids is 2. The number of anilines is 1. The molecule has 6 nitrogen and oxygen atoms in total. The number of carbonyl (C=O) groups is 2. The lowest BCUT2D eigenvalue weighted by molar-refractivity contribution is -0.123. The summed E-state index contributed by atoms with van der Waals surface area (Å²) in [6, 6.07) is 13.1. The molecule has 4 rings (SSSR count). The second-order valence-corrected chi connectivity index (χ2v) is 6.60. The normalized spacial score (nSPS) is 22.0. The van der Waals surface area contributed by atoms with Gasteiger partial charge < -0.3 is 0 Å². The molecule has 0 spiro atoms. The minimum absolute atomic E-state index is 0.294. The number of fused-ring (bicyclic) bond motifs is 1. The monoisotopic (exact) mass is 354 g/mol. The van der Waals surface area contributed by atoms with Gasteiger partial charge in [-0.3, -0.25) is 14.6 Å². The quantitative estimate of drug-likeness (QED) is 0.795. The number of hydrogen-bond acceptors (Lipinski definition) is 5. The lowest BCUT2D eigenvalue weighted by Crippen LogP contribution is -2.39. The van der Waals surface area contributed by atoms with E-state index in [1.54, 1.807) is 29.3 Å². The highest BCUT2D eigenvalue weighted by atomic mass is 35.5. The summed E-state index contributed by atoms with van der Waals surface area (Å²) in [4.78, 5) is 26.7. The van der Waals surface area contributed by atoms with E-state index in [4.69, 9.17) is 11.6 Å². The fourth-order valence-electron chi connectivity index (χ4n) is 3.08. The summed E-state index contributed by atoms with van der Waals surface area (Å²) in [5.41, 5.74) is 2.57. The van der Waals surface area contributed by atoms with Crippen molar-refractivity contribution < 1.29 is 9.59 Å². The third-order valence-electron chi connectivity index (χ3n) is 4.41. The summed E-state index contributed by atoms with van der Waals surface area (Å²) in [7, 11) is 0. The predicted molar refractivity (Wildman–Crippen MR) is 93.1 cm³/mol. The van der Waals surface area contributed by atoms with Crippen LogP contribution >= 0.6 is 11.6 Å². The fourth-order valence-corrected chi connectivity index (χ4v) is 3.21. The Morgan fingerprint density at radius 1 is 1.00 bits per heavy atom. The molecule has 7 heteroatoms. The Kier molecular flexibility index (Phi) is 3.77. The number of amides is 2. The fraction of sp³-hybridized carbons (Fsp3) is 0.222. The van der Waals surface area contributed by atoms with Crippen molar-refractivity contribution in [1.82, 2.24) is 5.01 Å². The molecule has 1 fully saturated rings.